The summed E-state index contributed by atoms with van der Waals surface area (Å²) in [5.41, 5.74) is 1.99. The van der Waals surface area contributed by atoms with Crippen LogP contribution in [-0.4, -0.2) is 27.2 Å². The number of H-pyrrole nitrogens is 1. The molecule has 1 aromatic heterocycles. The number of rotatable bonds is 2. The molecule has 0 aliphatic heterocycles. The lowest BCUT2D eigenvalue weighted by Gasteiger charge is -2.28. The zero-order valence-electron chi connectivity index (χ0n) is 9.69. The molecule has 0 saturated heterocycles. The second kappa shape index (κ2) is 4.37. The van der Waals surface area contributed by atoms with E-state index in [2.05, 4.69) is 15.3 Å². The molecule has 3 N–H and O–H groups in total. The molecule has 2 atom stereocenters. The van der Waals surface area contributed by atoms with E-state index in [0.717, 1.165) is 36.2 Å². The van der Waals surface area contributed by atoms with Crippen LogP contribution in [0.1, 0.15) is 25.7 Å². The minimum absolute atomic E-state index is 0.129. The van der Waals surface area contributed by atoms with Gasteiger partial charge in [-0.25, -0.2) is 4.98 Å². The van der Waals surface area contributed by atoms with Crippen molar-refractivity contribution in [3.63, 3.8) is 0 Å². The van der Waals surface area contributed by atoms with Crippen LogP contribution in [0.4, 0.5) is 5.95 Å². The van der Waals surface area contributed by atoms with E-state index in [1.165, 1.54) is 6.42 Å². The third-order valence-electron chi connectivity index (χ3n) is 3.44. The van der Waals surface area contributed by atoms with Crippen molar-refractivity contribution in [1.29, 1.82) is 0 Å². The summed E-state index contributed by atoms with van der Waals surface area (Å²) in [5, 5.41) is 13.2. The summed E-state index contributed by atoms with van der Waals surface area (Å²) in [6.07, 6.45) is 3.95. The van der Waals surface area contributed by atoms with E-state index in [0.29, 0.717) is 0 Å². The van der Waals surface area contributed by atoms with Crippen molar-refractivity contribution in [2.24, 2.45) is 0 Å². The number of benzene rings is 1. The highest BCUT2D eigenvalue weighted by atomic mass is 16.3. The summed E-state index contributed by atoms with van der Waals surface area (Å²) in [7, 11) is 0. The number of nitrogens with zero attached hydrogens (tertiary/aromatic N) is 1. The highest BCUT2D eigenvalue weighted by molar-refractivity contribution is 5.77. The Morgan fingerprint density at radius 3 is 2.88 bits per heavy atom. The number of aliphatic hydroxyl groups is 1. The molecule has 1 saturated carbocycles. The van der Waals surface area contributed by atoms with E-state index in [-0.39, 0.29) is 12.1 Å². The van der Waals surface area contributed by atoms with Crippen LogP contribution in [0.15, 0.2) is 24.3 Å². The molecule has 3 rings (SSSR count). The minimum Gasteiger partial charge on any atom is -0.391 e. The zero-order valence-corrected chi connectivity index (χ0v) is 9.69. The van der Waals surface area contributed by atoms with Gasteiger partial charge in [0, 0.05) is 0 Å². The van der Waals surface area contributed by atoms with E-state index in [9.17, 15) is 5.11 Å². The van der Waals surface area contributed by atoms with Crippen molar-refractivity contribution < 1.29 is 5.11 Å². The van der Waals surface area contributed by atoms with Gasteiger partial charge in [0.1, 0.15) is 0 Å². The van der Waals surface area contributed by atoms with Gasteiger partial charge in [-0.3, -0.25) is 0 Å². The summed E-state index contributed by atoms with van der Waals surface area (Å²) >= 11 is 0. The second-order valence-electron chi connectivity index (χ2n) is 4.71. The predicted molar refractivity (Wildman–Crippen MR) is 68.0 cm³/mol. The number of imidazole rings is 1. The molecular weight excluding hydrogens is 214 g/mol. The molecule has 0 amide bonds. The van der Waals surface area contributed by atoms with Crippen LogP contribution in [-0.2, 0) is 0 Å². The first kappa shape index (κ1) is 10.6. The third kappa shape index (κ3) is 2.13. The molecule has 1 heterocycles. The van der Waals surface area contributed by atoms with Crippen molar-refractivity contribution in [1.82, 2.24) is 9.97 Å². The Morgan fingerprint density at radius 2 is 2.06 bits per heavy atom. The van der Waals surface area contributed by atoms with Crippen molar-refractivity contribution in [2.75, 3.05) is 5.32 Å². The number of aromatic nitrogens is 2. The van der Waals surface area contributed by atoms with Crippen LogP contribution in [0, 0.1) is 0 Å². The maximum Gasteiger partial charge on any atom is 0.201 e. The van der Waals surface area contributed by atoms with Crippen molar-refractivity contribution in [2.45, 2.75) is 37.8 Å². The number of anilines is 1. The van der Waals surface area contributed by atoms with E-state index in [4.69, 9.17) is 0 Å². The van der Waals surface area contributed by atoms with Gasteiger partial charge in [0.15, 0.2) is 0 Å². The molecule has 2 unspecified atom stereocenters. The summed E-state index contributed by atoms with van der Waals surface area (Å²) in [6, 6.07) is 8.07. The van der Waals surface area contributed by atoms with E-state index in [1.807, 2.05) is 24.3 Å². The molecule has 1 fully saturated rings. The lowest BCUT2D eigenvalue weighted by Crippen LogP contribution is -2.36. The first-order chi connectivity index (χ1) is 8.33. The highest BCUT2D eigenvalue weighted by Crippen LogP contribution is 2.22. The number of hydrogen-bond donors (Lipinski definition) is 3. The Labute approximate surface area is 100 Å². The van der Waals surface area contributed by atoms with Crippen LogP contribution < -0.4 is 5.32 Å². The quantitative estimate of drug-likeness (QED) is 0.743. The van der Waals surface area contributed by atoms with Gasteiger partial charge in [0.05, 0.1) is 23.2 Å². The van der Waals surface area contributed by atoms with E-state index >= 15 is 0 Å². The van der Waals surface area contributed by atoms with E-state index < -0.39 is 0 Å². The van der Waals surface area contributed by atoms with Crippen molar-refractivity contribution in [3.8, 4) is 0 Å². The maximum atomic E-state index is 9.90. The first-order valence-corrected chi connectivity index (χ1v) is 6.22. The van der Waals surface area contributed by atoms with Gasteiger partial charge in [0.25, 0.3) is 0 Å². The van der Waals surface area contributed by atoms with Gasteiger partial charge in [0.2, 0.25) is 5.95 Å². The monoisotopic (exact) mass is 231 g/mol. The van der Waals surface area contributed by atoms with Gasteiger partial charge in [-0.2, -0.15) is 0 Å². The molecule has 90 valence electrons. The average molecular weight is 231 g/mol. The molecule has 0 spiro atoms. The van der Waals surface area contributed by atoms with Crippen molar-refractivity contribution in [3.05, 3.63) is 24.3 Å². The normalized spacial score (nSPS) is 25.0. The lowest BCUT2D eigenvalue weighted by atomic mass is 9.93. The molecule has 0 bridgehead atoms. The average Bonchev–Trinajstić information content (AvgIpc) is 2.74. The smallest absolute Gasteiger partial charge is 0.201 e. The van der Waals surface area contributed by atoms with Crippen molar-refractivity contribution >= 4 is 17.0 Å². The van der Waals surface area contributed by atoms with Crippen LogP contribution >= 0.6 is 0 Å². The topological polar surface area (TPSA) is 60.9 Å². The van der Waals surface area contributed by atoms with E-state index in [1.54, 1.807) is 0 Å². The van der Waals surface area contributed by atoms with Crippen LogP contribution in [0.3, 0.4) is 0 Å². The van der Waals surface area contributed by atoms with Gasteiger partial charge in [-0.05, 0) is 25.0 Å². The first-order valence-electron chi connectivity index (χ1n) is 6.22. The lowest BCUT2D eigenvalue weighted by molar-refractivity contribution is 0.116. The largest absolute Gasteiger partial charge is 0.391 e. The van der Waals surface area contributed by atoms with Crippen LogP contribution in [0.25, 0.3) is 11.0 Å². The fourth-order valence-electron chi connectivity index (χ4n) is 2.48. The summed E-state index contributed by atoms with van der Waals surface area (Å²) in [6.45, 7) is 0. The van der Waals surface area contributed by atoms with Gasteiger partial charge in [-0.1, -0.05) is 25.0 Å². The number of fused-ring (bicyclic) bond motifs is 1. The fraction of sp³-hybridized carbons (Fsp3) is 0.462. The predicted octanol–water partition coefficient (Wildman–Crippen LogP) is 2.28. The Hall–Kier alpha value is -1.55. The zero-order chi connectivity index (χ0) is 11.7. The van der Waals surface area contributed by atoms with Gasteiger partial charge >= 0.3 is 0 Å². The summed E-state index contributed by atoms with van der Waals surface area (Å²) in [4.78, 5) is 7.69. The standard InChI is InChI=1S/C13H17N3O/c17-12-8-4-3-7-11(12)16-13-14-9-5-1-2-6-10(9)15-13/h1-2,5-6,11-12,17H,3-4,7-8H2,(H2,14,15,16). The SMILES string of the molecule is OC1CCCCC1Nc1nc2ccccc2[nH]1. The van der Waals surface area contributed by atoms with Crippen LogP contribution in [0.2, 0.25) is 0 Å². The molecule has 1 aliphatic carbocycles. The second-order valence-corrected chi connectivity index (χ2v) is 4.71. The van der Waals surface area contributed by atoms with Gasteiger partial charge < -0.3 is 15.4 Å². The maximum absolute atomic E-state index is 9.90. The molecule has 1 aliphatic rings. The van der Waals surface area contributed by atoms with Gasteiger partial charge in [-0.15, -0.1) is 0 Å². The number of hydrogen-bond acceptors (Lipinski definition) is 3. The number of para-hydroxylation sites is 2. The molecule has 1 aromatic carbocycles. The summed E-state index contributed by atoms with van der Waals surface area (Å²) < 4.78 is 0. The minimum atomic E-state index is -0.253. The number of nitrogens with one attached hydrogen (secondary N) is 2. The Bertz CT molecular complexity index is 475. The fourth-order valence-corrected chi connectivity index (χ4v) is 2.48. The number of aromatic amines is 1. The third-order valence-corrected chi connectivity index (χ3v) is 3.44. The molecule has 4 nitrogen and oxygen atoms in total. The molecule has 2 aromatic rings. The Morgan fingerprint density at radius 1 is 1.24 bits per heavy atom. The molecule has 0 radical (unpaired) electrons. The Balaban J connectivity index is 1.79. The number of aliphatic hydroxyl groups excluding tert-OH is 1. The van der Waals surface area contributed by atoms with Crippen LogP contribution in [0.5, 0.6) is 0 Å². The molecule has 4 heteroatoms. The summed E-state index contributed by atoms with van der Waals surface area (Å²) in [5.74, 6) is 0.761. The Kier molecular flexibility index (Phi) is 2.73. The molecule has 17 heavy (non-hydrogen) atoms. The highest BCUT2D eigenvalue weighted by Gasteiger charge is 2.23. The molecular formula is C13H17N3O.